The maximum absolute atomic E-state index is 13.0. The van der Waals surface area contributed by atoms with Crippen LogP contribution in [0.15, 0.2) is 53.3 Å². The molecule has 0 radical (unpaired) electrons. The third kappa shape index (κ3) is 4.61. The van der Waals surface area contributed by atoms with E-state index >= 15 is 0 Å². The quantitative estimate of drug-likeness (QED) is 0.445. The molecular formula is C24H25N3O3S. The Hall–Kier alpha value is -3.19. The number of ether oxygens (including phenoxy) is 1. The fourth-order valence-corrected chi connectivity index (χ4v) is 4.75. The molecule has 4 rings (SSSR count). The molecule has 0 fully saturated rings. The predicted molar refractivity (Wildman–Crippen MR) is 125 cm³/mol. The zero-order valence-electron chi connectivity index (χ0n) is 17.7. The lowest BCUT2D eigenvalue weighted by Gasteiger charge is -2.08. The number of aromatic nitrogens is 2. The van der Waals surface area contributed by atoms with Gasteiger partial charge in [-0.15, -0.1) is 11.3 Å². The molecule has 0 aliphatic heterocycles. The number of hydrogen-bond donors (Lipinski definition) is 1. The van der Waals surface area contributed by atoms with Crippen LogP contribution in [0.2, 0.25) is 0 Å². The third-order valence-electron chi connectivity index (χ3n) is 5.14. The monoisotopic (exact) mass is 435 g/mol. The first-order valence-corrected chi connectivity index (χ1v) is 11.3. The molecule has 7 heteroatoms. The molecule has 0 unspecified atom stereocenters. The maximum atomic E-state index is 13.0. The summed E-state index contributed by atoms with van der Waals surface area (Å²) in [6.07, 6.45) is 0.891. The van der Waals surface area contributed by atoms with Gasteiger partial charge < -0.3 is 10.1 Å². The Morgan fingerprint density at radius 3 is 2.71 bits per heavy atom. The van der Waals surface area contributed by atoms with Gasteiger partial charge in [0, 0.05) is 29.6 Å². The molecule has 31 heavy (non-hydrogen) atoms. The van der Waals surface area contributed by atoms with E-state index in [1.807, 2.05) is 62.4 Å². The number of carbonyl (C=O) groups is 1. The minimum atomic E-state index is -0.0900. The first kappa shape index (κ1) is 21.1. The number of rotatable bonds is 8. The van der Waals surface area contributed by atoms with Crippen LogP contribution in [0.1, 0.15) is 31.0 Å². The summed E-state index contributed by atoms with van der Waals surface area (Å²) in [5.41, 5.74) is 1.77. The molecule has 0 aliphatic rings. The molecule has 4 aromatic rings. The van der Waals surface area contributed by atoms with E-state index < -0.39 is 0 Å². The summed E-state index contributed by atoms with van der Waals surface area (Å²) in [7, 11) is 0. The normalized spacial score (nSPS) is 11.2. The summed E-state index contributed by atoms with van der Waals surface area (Å²) in [5, 5.41) is 9.11. The van der Waals surface area contributed by atoms with Gasteiger partial charge in [0.15, 0.2) is 0 Å². The Balaban J connectivity index is 1.37. The van der Waals surface area contributed by atoms with E-state index in [-0.39, 0.29) is 11.5 Å². The molecule has 6 nitrogen and oxygen atoms in total. The minimum absolute atomic E-state index is 0.0410. The molecule has 0 spiro atoms. The molecule has 2 aromatic carbocycles. The first-order valence-electron chi connectivity index (χ1n) is 10.4. The molecule has 1 N–H and O–H groups in total. The second-order valence-electron chi connectivity index (χ2n) is 7.37. The van der Waals surface area contributed by atoms with Gasteiger partial charge in [0.1, 0.15) is 5.75 Å². The zero-order chi connectivity index (χ0) is 21.8. The fraction of sp³-hybridized carbons (Fsp3) is 0.292. The summed E-state index contributed by atoms with van der Waals surface area (Å²) in [5.74, 6) is 0.780. The van der Waals surface area contributed by atoms with Crippen LogP contribution in [-0.4, -0.2) is 22.3 Å². The van der Waals surface area contributed by atoms with Crippen molar-refractivity contribution in [2.45, 2.75) is 39.8 Å². The molecular weight excluding hydrogens is 410 g/mol. The highest BCUT2D eigenvalue weighted by Crippen LogP contribution is 2.32. The number of aryl methyl sites for hydroxylation is 2. The lowest BCUT2D eigenvalue weighted by Crippen LogP contribution is -2.26. The highest BCUT2D eigenvalue weighted by Gasteiger charge is 2.14. The van der Waals surface area contributed by atoms with E-state index in [0.717, 1.165) is 37.2 Å². The van der Waals surface area contributed by atoms with Gasteiger partial charge in [0.2, 0.25) is 5.91 Å². The van der Waals surface area contributed by atoms with E-state index in [2.05, 4.69) is 10.4 Å². The first-order chi connectivity index (χ1) is 15.1. The smallest absolute Gasteiger partial charge is 0.276 e. The van der Waals surface area contributed by atoms with Crippen molar-refractivity contribution in [2.24, 2.45) is 0 Å². The third-order valence-corrected chi connectivity index (χ3v) is 6.42. The van der Waals surface area contributed by atoms with Crippen LogP contribution < -0.4 is 15.6 Å². The Labute approximate surface area is 184 Å². The second-order valence-corrected chi connectivity index (χ2v) is 8.43. The van der Waals surface area contributed by atoms with E-state index in [1.165, 1.54) is 4.68 Å². The van der Waals surface area contributed by atoms with Crippen molar-refractivity contribution in [3.8, 4) is 5.75 Å². The molecule has 0 atom stereocenters. The molecule has 2 heterocycles. The van der Waals surface area contributed by atoms with Gasteiger partial charge in [-0.25, -0.2) is 4.68 Å². The molecule has 0 saturated carbocycles. The number of amides is 1. The van der Waals surface area contributed by atoms with Crippen LogP contribution in [-0.2, 0) is 17.9 Å². The summed E-state index contributed by atoms with van der Waals surface area (Å²) >= 11 is 1.60. The van der Waals surface area contributed by atoms with Gasteiger partial charge in [-0.05, 0) is 44.0 Å². The Kier molecular flexibility index (Phi) is 6.32. The Morgan fingerprint density at radius 1 is 1.16 bits per heavy atom. The average molecular weight is 436 g/mol. The predicted octanol–water partition coefficient (Wildman–Crippen LogP) is 4.41. The maximum Gasteiger partial charge on any atom is 0.276 e. The summed E-state index contributed by atoms with van der Waals surface area (Å²) in [6, 6.07) is 15.6. The van der Waals surface area contributed by atoms with Gasteiger partial charge in [-0.2, -0.15) is 5.10 Å². The molecule has 0 aliphatic carbocycles. The van der Waals surface area contributed by atoms with Crippen molar-refractivity contribution in [3.63, 3.8) is 0 Å². The summed E-state index contributed by atoms with van der Waals surface area (Å²) in [4.78, 5) is 25.2. The number of hydrogen-bond acceptors (Lipinski definition) is 5. The van der Waals surface area contributed by atoms with Crippen LogP contribution in [0.25, 0.3) is 20.2 Å². The number of nitrogens with one attached hydrogen (secondary N) is 1. The number of fused-ring (bicyclic) bond motifs is 3. The number of thiophene rings is 1. The molecule has 0 saturated heterocycles. The van der Waals surface area contributed by atoms with Gasteiger partial charge in [-0.1, -0.05) is 30.3 Å². The standard InChI is InChI=1S/C24H25N3O3S/c1-3-30-18-12-10-17(11-13-18)15-25-21(28)9-6-14-27-24(29)22-19-7-4-5-8-20(19)31-23(22)16(2)26-27/h4-5,7-8,10-13H,3,6,9,14-15H2,1-2H3,(H,25,28). The molecule has 1 amide bonds. The lowest BCUT2D eigenvalue weighted by molar-refractivity contribution is -0.121. The van der Waals surface area contributed by atoms with Crippen molar-refractivity contribution in [1.29, 1.82) is 0 Å². The molecule has 2 aromatic heterocycles. The SMILES string of the molecule is CCOc1ccc(CNC(=O)CCCn2nc(C)c3sc4ccccc4c3c2=O)cc1. The van der Waals surface area contributed by atoms with Gasteiger partial charge >= 0.3 is 0 Å². The Bertz CT molecular complexity index is 1280. The highest BCUT2D eigenvalue weighted by atomic mass is 32.1. The summed E-state index contributed by atoms with van der Waals surface area (Å²) < 4.78 is 8.95. The minimum Gasteiger partial charge on any atom is -0.494 e. The van der Waals surface area contributed by atoms with Gasteiger partial charge in [0.25, 0.3) is 5.56 Å². The van der Waals surface area contributed by atoms with Crippen LogP contribution in [0.5, 0.6) is 5.75 Å². The highest BCUT2D eigenvalue weighted by molar-refractivity contribution is 7.26. The van der Waals surface area contributed by atoms with Crippen LogP contribution >= 0.6 is 11.3 Å². The van der Waals surface area contributed by atoms with Crippen LogP contribution in [0, 0.1) is 6.92 Å². The number of benzene rings is 2. The molecule has 0 bridgehead atoms. The largest absolute Gasteiger partial charge is 0.494 e. The fourth-order valence-electron chi connectivity index (χ4n) is 3.61. The zero-order valence-corrected chi connectivity index (χ0v) is 18.5. The van der Waals surface area contributed by atoms with E-state index in [0.29, 0.717) is 32.5 Å². The van der Waals surface area contributed by atoms with Crippen molar-refractivity contribution in [3.05, 3.63) is 70.1 Å². The number of carbonyl (C=O) groups excluding carboxylic acids is 1. The van der Waals surface area contributed by atoms with Crippen molar-refractivity contribution >= 4 is 37.4 Å². The van der Waals surface area contributed by atoms with E-state index in [1.54, 1.807) is 11.3 Å². The van der Waals surface area contributed by atoms with Crippen molar-refractivity contribution < 1.29 is 9.53 Å². The van der Waals surface area contributed by atoms with Crippen LogP contribution in [0.4, 0.5) is 0 Å². The lowest BCUT2D eigenvalue weighted by atomic mass is 10.2. The van der Waals surface area contributed by atoms with Crippen LogP contribution in [0.3, 0.4) is 0 Å². The average Bonchev–Trinajstić information content (AvgIpc) is 3.17. The summed E-state index contributed by atoms with van der Waals surface area (Å²) in [6.45, 7) is 5.38. The van der Waals surface area contributed by atoms with Gasteiger partial charge in [0.05, 0.1) is 22.4 Å². The second kappa shape index (κ2) is 9.31. The Morgan fingerprint density at radius 2 is 1.94 bits per heavy atom. The van der Waals surface area contributed by atoms with Crippen molar-refractivity contribution in [1.82, 2.24) is 15.1 Å². The van der Waals surface area contributed by atoms with Crippen molar-refractivity contribution in [2.75, 3.05) is 6.61 Å². The van der Waals surface area contributed by atoms with Gasteiger partial charge in [-0.3, -0.25) is 9.59 Å². The molecule has 160 valence electrons. The topological polar surface area (TPSA) is 73.2 Å². The van der Waals surface area contributed by atoms with E-state index in [4.69, 9.17) is 4.74 Å². The van der Waals surface area contributed by atoms with E-state index in [9.17, 15) is 9.59 Å². The number of nitrogens with zero attached hydrogens (tertiary/aromatic N) is 2.